The van der Waals surface area contributed by atoms with Gasteiger partial charge >= 0.3 is 0 Å². The molecule has 0 fully saturated rings. The normalized spacial score (nSPS) is 11.6. The highest BCUT2D eigenvalue weighted by atomic mass is 32.2. The molecule has 0 aliphatic carbocycles. The fraction of sp³-hybridized carbons (Fsp3) is 0.318. The van der Waals surface area contributed by atoms with E-state index in [9.17, 15) is 13.2 Å². The Labute approximate surface area is 166 Å². The third-order valence-electron chi connectivity index (χ3n) is 4.79. The van der Waals surface area contributed by atoms with Crippen LogP contribution in [0.1, 0.15) is 37.3 Å². The molecule has 0 unspecified atom stereocenters. The van der Waals surface area contributed by atoms with Crippen LogP contribution in [-0.2, 0) is 21.2 Å². The summed E-state index contributed by atoms with van der Waals surface area (Å²) in [5.41, 5.74) is 2.65. The summed E-state index contributed by atoms with van der Waals surface area (Å²) in [5.74, 6) is 0.0632. The van der Waals surface area contributed by atoms with Crippen molar-refractivity contribution in [3.05, 3.63) is 65.9 Å². The van der Waals surface area contributed by atoms with Gasteiger partial charge in [-0.15, -0.1) is 0 Å². The molecule has 0 spiro atoms. The maximum Gasteiger partial charge on any atom is 0.268 e. The van der Waals surface area contributed by atoms with Gasteiger partial charge in [0.25, 0.3) is 10.0 Å². The Morgan fingerprint density at radius 1 is 1.07 bits per heavy atom. The lowest BCUT2D eigenvalue weighted by atomic mass is 10.1. The molecule has 0 saturated carbocycles. The van der Waals surface area contributed by atoms with Gasteiger partial charge in [0.15, 0.2) is 0 Å². The number of benzene rings is 2. The number of hydrogen-bond acceptors (Lipinski definition) is 3. The summed E-state index contributed by atoms with van der Waals surface area (Å²) in [6, 6.07) is 14.4. The number of carbonyl (C=O) groups is 1. The van der Waals surface area contributed by atoms with Crippen LogP contribution in [-0.4, -0.2) is 24.8 Å². The molecule has 0 aliphatic rings. The van der Waals surface area contributed by atoms with Crippen LogP contribution in [0.5, 0.6) is 0 Å². The van der Waals surface area contributed by atoms with E-state index in [-0.39, 0.29) is 10.8 Å². The molecule has 1 heterocycles. The van der Waals surface area contributed by atoms with Crippen LogP contribution in [0.3, 0.4) is 0 Å². The van der Waals surface area contributed by atoms with Gasteiger partial charge in [-0.05, 0) is 49.6 Å². The van der Waals surface area contributed by atoms with Gasteiger partial charge in [0.05, 0.1) is 10.4 Å². The van der Waals surface area contributed by atoms with Gasteiger partial charge in [-0.2, -0.15) is 0 Å². The van der Waals surface area contributed by atoms with E-state index in [2.05, 4.69) is 12.2 Å². The molecule has 1 aromatic heterocycles. The zero-order valence-electron chi connectivity index (χ0n) is 16.3. The standard InChI is InChI=1S/C22H26N2O3S/c1-3-4-5-22(25)23-14-12-18-8-9-19-13-15-24(21(19)16-18)28(26,27)20-10-6-17(2)7-11-20/h6-11,13,15-16H,3-5,12,14H2,1-2H3,(H,23,25). The number of rotatable bonds is 8. The first-order chi connectivity index (χ1) is 13.4. The topological polar surface area (TPSA) is 68.2 Å². The van der Waals surface area contributed by atoms with Crippen LogP contribution in [0.4, 0.5) is 0 Å². The Bertz CT molecular complexity index is 1070. The minimum atomic E-state index is -3.65. The summed E-state index contributed by atoms with van der Waals surface area (Å²) in [5, 5.41) is 3.79. The number of aryl methyl sites for hydroxylation is 1. The van der Waals surface area contributed by atoms with Crippen molar-refractivity contribution in [3.8, 4) is 0 Å². The van der Waals surface area contributed by atoms with Gasteiger partial charge in [-0.1, -0.05) is 43.2 Å². The molecule has 3 rings (SSSR count). The summed E-state index contributed by atoms with van der Waals surface area (Å²) in [4.78, 5) is 12.0. The molecule has 0 radical (unpaired) electrons. The van der Waals surface area contributed by atoms with Gasteiger partial charge in [0, 0.05) is 24.5 Å². The minimum Gasteiger partial charge on any atom is -0.356 e. The van der Waals surface area contributed by atoms with Crippen LogP contribution in [0.2, 0.25) is 0 Å². The number of nitrogens with zero attached hydrogens (tertiary/aromatic N) is 1. The van der Waals surface area contributed by atoms with Gasteiger partial charge in [-0.25, -0.2) is 12.4 Å². The molecule has 5 nitrogen and oxygen atoms in total. The van der Waals surface area contributed by atoms with Crippen LogP contribution in [0.25, 0.3) is 10.9 Å². The second kappa shape index (κ2) is 8.61. The number of nitrogens with one attached hydrogen (secondary N) is 1. The molecule has 0 bridgehead atoms. The lowest BCUT2D eigenvalue weighted by Gasteiger charge is -2.09. The minimum absolute atomic E-state index is 0.0632. The number of fused-ring (bicyclic) bond motifs is 1. The summed E-state index contributed by atoms with van der Waals surface area (Å²) in [6.07, 6.45) is 4.69. The lowest BCUT2D eigenvalue weighted by Crippen LogP contribution is -2.25. The van der Waals surface area contributed by atoms with Crippen molar-refractivity contribution >= 4 is 26.8 Å². The zero-order chi connectivity index (χ0) is 20.1. The second-order valence-corrected chi connectivity index (χ2v) is 8.84. The SMILES string of the molecule is CCCCC(=O)NCCc1ccc2ccn(S(=O)(=O)c3ccc(C)cc3)c2c1. The zero-order valence-corrected chi connectivity index (χ0v) is 17.1. The number of carbonyl (C=O) groups excluding carboxylic acids is 1. The van der Waals surface area contributed by atoms with E-state index >= 15 is 0 Å². The number of aromatic nitrogens is 1. The van der Waals surface area contributed by atoms with Crippen molar-refractivity contribution in [3.63, 3.8) is 0 Å². The molecule has 28 heavy (non-hydrogen) atoms. The molecule has 1 amide bonds. The van der Waals surface area contributed by atoms with E-state index < -0.39 is 10.0 Å². The molecule has 148 valence electrons. The highest BCUT2D eigenvalue weighted by Gasteiger charge is 2.18. The average Bonchev–Trinajstić information content (AvgIpc) is 3.11. The molecule has 0 atom stereocenters. The third-order valence-corrected chi connectivity index (χ3v) is 6.50. The Balaban J connectivity index is 1.81. The van der Waals surface area contributed by atoms with Crippen molar-refractivity contribution in [1.29, 1.82) is 0 Å². The van der Waals surface area contributed by atoms with Gasteiger partial charge in [-0.3, -0.25) is 4.79 Å². The summed E-state index contributed by atoms with van der Waals surface area (Å²) >= 11 is 0. The molecular weight excluding hydrogens is 372 g/mol. The van der Waals surface area contributed by atoms with Gasteiger partial charge < -0.3 is 5.32 Å². The van der Waals surface area contributed by atoms with Crippen molar-refractivity contribution in [2.75, 3.05) is 6.54 Å². The number of hydrogen-bond donors (Lipinski definition) is 1. The van der Waals surface area contributed by atoms with E-state index in [4.69, 9.17) is 0 Å². The van der Waals surface area contributed by atoms with E-state index in [0.717, 1.165) is 29.4 Å². The van der Waals surface area contributed by atoms with E-state index in [0.29, 0.717) is 24.9 Å². The quantitative estimate of drug-likeness (QED) is 0.623. The highest BCUT2D eigenvalue weighted by Crippen LogP contribution is 2.23. The highest BCUT2D eigenvalue weighted by molar-refractivity contribution is 7.90. The van der Waals surface area contributed by atoms with Crippen LogP contribution < -0.4 is 5.32 Å². The Morgan fingerprint density at radius 3 is 2.54 bits per heavy atom. The van der Waals surface area contributed by atoms with Gasteiger partial charge in [0.2, 0.25) is 5.91 Å². The largest absolute Gasteiger partial charge is 0.356 e. The first kappa shape index (κ1) is 20.1. The van der Waals surface area contributed by atoms with E-state index in [1.165, 1.54) is 3.97 Å². The lowest BCUT2D eigenvalue weighted by molar-refractivity contribution is -0.121. The smallest absolute Gasteiger partial charge is 0.268 e. The third kappa shape index (κ3) is 4.44. The average molecular weight is 399 g/mol. The maximum atomic E-state index is 13.0. The first-order valence-corrected chi connectivity index (χ1v) is 11.0. The summed E-state index contributed by atoms with van der Waals surface area (Å²) in [6.45, 7) is 4.52. The monoisotopic (exact) mass is 398 g/mol. The number of unbranched alkanes of at least 4 members (excludes halogenated alkanes) is 1. The Kier molecular flexibility index (Phi) is 6.19. The van der Waals surface area contributed by atoms with Crippen molar-refractivity contribution < 1.29 is 13.2 Å². The molecule has 0 saturated heterocycles. The van der Waals surface area contributed by atoms with Crippen LogP contribution >= 0.6 is 0 Å². The van der Waals surface area contributed by atoms with Crippen molar-refractivity contribution in [2.45, 2.75) is 44.4 Å². The van der Waals surface area contributed by atoms with E-state index in [1.54, 1.807) is 36.5 Å². The Hall–Kier alpha value is -2.60. The van der Waals surface area contributed by atoms with Crippen molar-refractivity contribution in [2.24, 2.45) is 0 Å². The van der Waals surface area contributed by atoms with Crippen molar-refractivity contribution in [1.82, 2.24) is 9.29 Å². The Morgan fingerprint density at radius 2 is 1.82 bits per heavy atom. The van der Waals surface area contributed by atoms with Crippen LogP contribution in [0, 0.1) is 6.92 Å². The molecule has 6 heteroatoms. The molecule has 1 N–H and O–H groups in total. The predicted octanol–water partition coefficient (Wildman–Crippen LogP) is 4.04. The molecule has 2 aromatic carbocycles. The fourth-order valence-corrected chi connectivity index (χ4v) is 4.46. The summed E-state index contributed by atoms with van der Waals surface area (Å²) < 4.78 is 27.4. The molecule has 0 aliphatic heterocycles. The fourth-order valence-electron chi connectivity index (χ4n) is 3.11. The second-order valence-electron chi connectivity index (χ2n) is 7.03. The molecular formula is C22H26N2O3S. The van der Waals surface area contributed by atoms with Crippen LogP contribution in [0.15, 0.2) is 59.6 Å². The first-order valence-electron chi connectivity index (χ1n) is 9.61. The van der Waals surface area contributed by atoms with E-state index in [1.807, 2.05) is 25.1 Å². The van der Waals surface area contributed by atoms with Gasteiger partial charge in [0.1, 0.15) is 0 Å². The molecule has 3 aromatic rings. The predicted molar refractivity (Wildman–Crippen MR) is 112 cm³/mol. The number of amides is 1. The summed E-state index contributed by atoms with van der Waals surface area (Å²) in [7, 11) is -3.65. The maximum absolute atomic E-state index is 13.0.